The molecule has 0 spiro atoms. The number of rotatable bonds is 5. The van der Waals surface area contributed by atoms with E-state index in [9.17, 15) is 0 Å². The number of nitrogens with zero attached hydrogens (tertiary/aromatic N) is 2. The summed E-state index contributed by atoms with van der Waals surface area (Å²) < 4.78 is 0. The zero-order valence-electron chi connectivity index (χ0n) is 10.6. The van der Waals surface area contributed by atoms with Crippen LogP contribution in [-0.4, -0.2) is 55.6 Å². The number of hydrogen-bond acceptors (Lipinski definition) is 3. The molecule has 90 valence electrons. The number of piperazine rings is 1. The molecule has 1 heterocycles. The Morgan fingerprint density at radius 2 is 1.60 bits per heavy atom. The van der Waals surface area contributed by atoms with Gasteiger partial charge >= 0.3 is 0 Å². The third-order valence-electron chi connectivity index (χ3n) is 3.38. The van der Waals surface area contributed by atoms with Crippen LogP contribution >= 0.6 is 0 Å². The first kappa shape index (κ1) is 12.9. The van der Waals surface area contributed by atoms with Crippen LogP contribution in [0.15, 0.2) is 0 Å². The molecule has 1 aliphatic heterocycles. The minimum atomic E-state index is 0.378. The summed E-state index contributed by atoms with van der Waals surface area (Å²) in [6.45, 7) is 15.0. The molecule has 0 aromatic rings. The first-order valence-corrected chi connectivity index (χ1v) is 6.22. The zero-order valence-corrected chi connectivity index (χ0v) is 10.6. The topological polar surface area (TPSA) is 32.5 Å². The molecule has 1 fully saturated rings. The van der Waals surface area contributed by atoms with Crippen LogP contribution in [-0.2, 0) is 0 Å². The second-order valence-electron chi connectivity index (χ2n) is 5.41. The summed E-state index contributed by atoms with van der Waals surface area (Å²) in [5, 5.41) is 0. The largest absolute Gasteiger partial charge is 0.330 e. The van der Waals surface area contributed by atoms with E-state index < -0.39 is 0 Å². The second-order valence-corrected chi connectivity index (χ2v) is 5.41. The van der Waals surface area contributed by atoms with Gasteiger partial charge in [0.05, 0.1) is 0 Å². The average Bonchev–Trinajstić information content (AvgIpc) is 2.18. The molecule has 15 heavy (non-hydrogen) atoms. The van der Waals surface area contributed by atoms with E-state index in [0.29, 0.717) is 5.41 Å². The molecule has 1 rings (SSSR count). The van der Waals surface area contributed by atoms with Crippen molar-refractivity contribution in [2.24, 2.45) is 11.1 Å². The molecule has 0 amide bonds. The fourth-order valence-electron chi connectivity index (χ4n) is 2.34. The second kappa shape index (κ2) is 5.83. The van der Waals surface area contributed by atoms with E-state index in [4.69, 9.17) is 5.73 Å². The van der Waals surface area contributed by atoms with Crippen molar-refractivity contribution in [1.82, 2.24) is 9.80 Å². The highest BCUT2D eigenvalue weighted by Gasteiger charge is 2.23. The molecule has 2 N–H and O–H groups in total. The maximum Gasteiger partial charge on any atom is 0.0110 e. The van der Waals surface area contributed by atoms with Crippen LogP contribution in [0.4, 0.5) is 0 Å². The van der Waals surface area contributed by atoms with Crippen LogP contribution in [0.1, 0.15) is 27.2 Å². The van der Waals surface area contributed by atoms with E-state index >= 15 is 0 Å². The van der Waals surface area contributed by atoms with Gasteiger partial charge in [-0.1, -0.05) is 20.8 Å². The standard InChI is InChI=1S/C12H27N3/c1-4-14-7-9-15(10-8-14)11-12(2,3)5-6-13/h4-11,13H2,1-3H3. The lowest BCUT2D eigenvalue weighted by molar-refractivity contribution is 0.0975. The third-order valence-corrected chi connectivity index (χ3v) is 3.38. The monoisotopic (exact) mass is 213 g/mol. The Kier molecular flexibility index (Phi) is 5.03. The van der Waals surface area contributed by atoms with Gasteiger partial charge in [0, 0.05) is 32.7 Å². The normalized spacial score (nSPS) is 20.8. The van der Waals surface area contributed by atoms with Crippen molar-refractivity contribution in [1.29, 1.82) is 0 Å². The van der Waals surface area contributed by atoms with Gasteiger partial charge in [-0.2, -0.15) is 0 Å². The first-order chi connectivity index (χ1) is 7.07. The molecule has 0 bridgehead atoms. The lowest BCUT2D eigenvalue weighted by Gasteiger charge is -2.38. The van der Waals surface area contributed by atoms with Crippen molar-refractivity contribution in [3.63, 3.8) is 0 Å². The molecule has 3 heteroatoms. The molecular formula is C12H27N3. The number of nitrogens with two attached hydrogens (primary N) is 1. The maximum absolute atomic E-state index is 5.64. The Bertz CT molecular complexity index is 172. The first-order valence-electron chi connectivity index (χ1n) is 6.22. The van der Waals surface area contributed by atoms with E-state index in [1.807, 2.05) is 0 Å². The molecule has 0 unspecified atom stereocenters. The predicted octanol–water partition coefficient (Wildman–Crippen LogP) is 0.999. The average molecular weight is 213 g/mol. The van der Waals surface area contributed by atoms with Crippen LogP contribution in [0.3, 0.4) is 0 Å². The minimum absolute atomic E-state index is 0.378. The Morgan fingerprint density at radius 1 is 1.07 bits per heavy atom. The molecule has 1 aliphatic rings. The van der Waals surface area contributed by atoms with Crippen molar-refractivity contribution in [2.75, 3.05) is 45.8 Å². The van der Waals surface area contributed by atoms with Crippen molar-refractivity contribution < 1.29 is 0 Å². The summed E-state index contributed by atoms with van der Waals surface area (Å²) in [6, 6.07) is 0. The van der Waals surface area contributed by atoms with Gasteiger partial charge in [-0.25, -0.2) is 0 Å². The van der Waals surface area contributed by atoms with Gasteiger partial charge in [-0.05, 0) is 24.9 Å². The lowest BCUT2D eigenvalue weighted by atomic mass is 9.88. The molecule has 0 aromatic heterocycles. The lowest BCUT2D eigenvalue weighted by Crippen LogP contribution is -2.49. The SMILES string of the molecule is CCN1CCN(CC(C)(C)CCN)CC1. The van der Waals surface area contributed by atoms with Crippen molar-refractivity contribution in [2.45, 2.75) is 27.2 Å². The predicted molar refractivity (Wildman–Crippen MR) is 66.0 cm³/mol. The van der Waals surface area contributed by atoms with E-state index in [1.54, 1.807) is 0 Å². The molecule has 0 saturated carbocycles. The highest BCUT2D eigenvalue weighted by atomic mass is 15.3. The van der Waals surface area contributed by atoms with Crippen LogP contribution in [0.2, 0.25) is 0 Å². The van der Waals surface area contributed by atoms with Gasteiger partial charge in [0.25, 0.3) is 0 Å². The van der Waals surface area contributed by atoms with Gasteiger partial charge in [0.2, 0.25) is 0 Å². The third kappa shape index (κ3) is 4.49. The van der Waals surface area contributed by atoms with Crippen molar-refractivity contribution in [3.05, 3.63) is 0 Å². The minimum Gasteiger partial charge on any atom is -0.330 e. The summed E-state index contributed by atoms with van der Waals surface area (Å²) in [5.41, 5.74) is 6.01. The molecule has 0 atom stereocenters. The number of likely N-dealkylation sites (N-methyl/N-ethyl adjacent to an activating group) is 1. The highest BCUT2D eigenvalue weighted by molar-refractivity contribution is 4.78. The molecule has 0 aromatic carbocycles. The van der Waals surface area contributed by atoms with Crippen LogP contribution in [0, 0.1) is 5.41 Å². The van der Waals surface area contributed by atoms with Crippen LogP contribution in [0.5, 0.6) is 0 Å². The Labute approximate surface area is 94.6 Å². The van der Waals surface area contributed by atoms with Gasteiger partial charge in [-0.15, -0.1) is 0 Å². The van der Waals surface area contributed by atoms with Crippen LogP contribution in [0.25, 0.3) is 0 Å². The molecule has 0 radical (unpaired) electrons. The van der Waals surface area contributed by atoms with Gasteiger partial charge in [-0.3, -0.25) is 0 Å². The fourth-order valence-corrected chi connectivity index (χ4v) is 2.34. The quantitative estimate of drug-likeness (QED) is 0.739. The van der Waals surface area contributed by atoms with Gasteiger partial charge in [0.15, 0.2) is 0 Å². The summed E-state index contributed by atoms with van der Waals surface area (Å²) in [7, 11) is 0. The Hall–Kier alpha value is -0.120. The Balaban J connectivity index is 2.28. The molecule has 3 nitrogen and oxygen atoms in total. The molecule has 1 saturated heterocycles. The molecular weight excluding hydrogens is 186 g/mol. The van der Waals surface area contributed by atoms with Gasteiger partial charge < -0.3 is 15.5 Å². The molecule has 0 aliphatic carbocycles. The summed E-state index contributed by atoms with van der Waals surface area (Å²) in [6.07, 6.45) is 1.13. The fraction of sp³-hybridized carbons (Fsp3) is 1.00. The van der Waals surface area contributed by atoms with Crippen molar-refractivity contribution in [3.8, 4) is 0 Å². The summed E-state index contributed by atoms with van der Waals surface area (Å²) in [5.74, 6) is 0. The smallest absolute Gasteiger partial charge is 0.0110 e. The maximum atomic E-state index is 5.64. The zero-order chi connectivity index (χ0) is 11.3. The van der Waals surface area contributed by atoms with E-state index in [1.165, 1.54) is 39.3 Å². The Morgan fingerprint density at radius 3 is 2.07 bits per heavy atom. The van der Waals surface area contributed by atoms with Crippen LogP contribution < -0.4 is 5.73 Å². The van der Waals surface area contributed by atoms with Crippen molar-refractivity contribution >= 4 is 0 Å². The number of hydrogen-bond donors (Lipinski definition) is 1. The van der Waals surface area contributed by atoms with E-state index in [0.717, 1.165) is 13.0 Å². The van der Waals surface area contributed by atoms with Gasteiger partial charge in [0.1, 0.15) is 0 Å². The highest BCUT2D eigenvalue weighted by Crippen LogP contribution is 2.21. The summed E-state index contributed by atoms with van der Waals surface area (Å²) >= 11 is 0. The summed E-state index contributed by atoms with van der Waals surface area (Å²) in [4.78, 5) is 5.11. The van der Waals surface area contributed by atoms with E-state index in [2.05, 4.69) is 30.6 Å². The van der Waals surface area contributed by atoms with E-state index in [-0.39, 0.29) is 0 Å².